The van der Waals surface area contributed by atoms with Crippen LogP contribution in [-0.2, 0) is 28.6 Å². The minimum absolute atomic E-state index is 0.101. The van der Waals surface area contributed by atoms with E-state index in [-0.39, 0.29) is 31.1 Å². The summed E-state index contributed by atoms with van der Waals surface area (Å²) < 4.78 is 16.9. The van der Waals surface area contributed by atoms with Crippen LogP contribution >= 0.6 is 0 Å². The van der Waals surface area contributed by atoms with Gasteiger partial charge in [-0.1, -0.05) is 270 Å². The molecule has 0 fully saturated rings. The first-order chi connectivity index (χ1) is 39.5. The van der Waals surface area contributed by atoms with Crippen LogP contribution in [0, 0.1) is 0 Å². The lowest BCUT2D eigenvalue weighted by Gasteiger charge is -2.18. The predicted octanol–water partition coefficient (Wildman–Crippen LogP) is 22.9. The zero-order chi connectivity index (χ0) is 57.8. The highest BCUT2D eigenvalue weighted by Crippen LogP contribution is 2.15. The Hall–Kier alpha value is -4.45. The summed E-state index contributed by atoms with van der Waals surface area (Å²) >= 11 is 0. The molecule has 0 aliphatic heterocycles. The number of ether oxygens (including phenoxy) is 3. The number of unbranched alkanes of at least 4 members (excludes halogenated alkanes) is 26. The number of allylic oxidation sites excluding steroid dienone is 22. The molecule has 6 heteroatoms. The zero-order valence-corrected chi connectivity index (χ0v) is 52.0. The number of hydrogen-bond acceptors (Lipinski definition) is 6. The van der Waals surface area contributed by atoms with Crippen molar-refractivity contribution in [3.05, 3.63) is 134 Å². The molecule has 0 rings (SSSR count). The molecule has 454 valence electrons. The fraction of sp³-hybridized carbons (Fsp3) is 0.662. The minimum atomic E-state index is -0.808. The van der Waals surface area contributed by atoms with Crippen molar-refractivity contribution in [3.8, 4) is 0 Å². The molecule has 6 nitrogen and oxygen atoms in total. The summed E-state index contributed by atoms with van der Waals surface area (Å²) in [5.74, 6) is -0.953. The second kappa shape index (κ2) is 67.1. The van der Waals surface area contributed by atoms with Crippen molar-refractivity contribution < 1.29 is 28.6 Å². The number of carbonyl (C=O) groups is 3. The fourth-order valence-corrected chi connectivity index (χ4v) is 8.89. The van der Waals surface area contributed by atoms with E-state index in [0.717, 1.165) is 116 Å². The van der Waals surface area contributed by atoms with Gasteiger partial charge in [0.25, 0.3) is 0 Å². The molecule has 0 N–H and O–H groups in total. The van der Waals surface area contributed by atoms with Crippen LogP contribution in [0.25, 0.3) is 0 Å². The Kier molecular flexibility index (Phi) is 63.3. The van der Waals surface area contributed by atoms with Crippen LogP contribution in [0.1, 0.15) is 297 Å². The molecule has 0 spiro atoms. The van der Waals surface area contributed by atoms with Crippen LogP contribution in [0.4, 0.5) is 0 Å². The molecule has 0 aromatic carbocycles. The van der Waals surface area contributed by atoms with Crippen LogP contribution < -0.4 is 0 Å². The Balaban J connectivity index is 4.48. The Morgan fingerprint density at radius 1 is 0.263 bits per heavy atom. The van der Waals surface area contributed by atoms with Crippen molar-refractivity contribution in [2.45, 2.75) is 303 Å². The van der Waals surface area contributed by atoms with E-state index in [9.17, 15) is 14.4 Å². The number of esters is 3. The van der Waals surface area contributed by atoms with Crippen LogP contribution in [0.5, 0.6) is 0 Å². The Bertz CT molecular complexity index is 1700. The smallest absolute Gasteiger partial charge is 0.306 e. The summed E-state index contributed by atoms with van der Waals surface area (Å²) in [6.07, 6.45) is 94.5. The number of hydrogen-bond donors (Lipinski definition) is 0. The van der Waals surface area contributed by atoms with Gasteiger partial charge in [-0.2, -0.15) is 0 Å². The zero-order valence-electron chi connectivity index (χ0n) is 52.0. The third-order valence-corrected chi connectivity index (χ3v) is 13.9. The molecule has 0 aliphatic rings. The molecular weight excluding hydrogens is 985 g/mol. The van der Waals surface area contributed by atoms with Crippen LogP contribution in [0.3, 0.4) is 0 Å². The molecule has 1 atom stereocenters. The maximum absolute atomic E-state index is 12.9. The van der Waals surface area contributed by atoms with Crippen molar-refractivity contribution in [1.29, 1.82) is 0 Å². The second-order valence-corrected chi connectivity index (χ2v) is 21.6. The van der Waals surface area contributed by atoms with Gasteiger partial charge >= 0.3 is 17.9 Å². The van der Waals surface area contributed by atoms with Crippen molar-refractivity contribution in [3.63, 3.8) is 0 Å². The average molecular weight is 1110 g/mol. The molecule has 0 aromatic heterocycles. The third kappa shape index (κ3) is 64.4. The van der Waals surface area contributed by atoms with Gasteiger partial charge in [0, 0.05) is 19.3 Å². The number of carbonyl (C=O) groups excluding carboxylic acids is 3. The van der Waals surface area contributed by atoms with Gasteiger partial charge < -0.3 is 14.2 Å². The normalized spacial score (nSPS) is 13.0. The first-order valence-corrected chi connectivity index (χ1v) is 33.2. The Morgan fingerprint density at radius 3 is 0.825 bits per heavy atom. The maximum Gasteiger partial charge on any atom is 0.306 e. The third-order valence-electron chi connectivity index (χ3n) is 13.9. The topological polar surface area (TPSA) is 78.9 Å². The summed E-state index contributed by atoms with van der Waals surface area (Å²) in [6, 6.07) is 0. The van der Waals surface area contributed by atoms with Crippen LogP contribution in [0.15, 0.2) is 134 Å². The summed E-state index contributed by atoms with van der Waals surface area (Å²) in [7, 11) is 0. The van der Waals surface area contributed by atoms with Crippen LogP contribution in [-0.4, -0.2) is 37.2 Å². The van der Waals surface area contributed by atoms with E-state index in [1.54, 1.807) is 0 Å². The SMILES string of the molecule is CC/C=C\C/C=C\C/C=C\C/C=C\C/C=C\C/C=C\C/C=C\C/C=C\CCCCC(=O)OCC(COC(=O)CCCCCCCCC/C=C\C/C=C\CCCCC)OC(=O)CCCCCCCCC/C=C\CCCCCCCCC. The van der Waals surface area contributed by atoms with Gasteiger partial charge in [-0.25, -0.2) is 0 Å². The molecular formula is C74H122O6. The lowest BCUT2D eigenvalue weighted by molar-refractivity contribution is -0.167. The van der Waals surface area contributed by atoms with E-state index in [0.29, 0.717) is 25.7 Å². The van der Waals surface area contributed by atoms with Crippen molar-refractivity contribution in [1.82, 2.24) is 0 Å². The Morgan fingerprint density at radius 2 is 0.487 bits per heavy atom. The lowest BCUT2D eigenvalue weighted by Crippen LogP contribution is -2.30. The fourth-order valence-electron chi connectivity index (χ4n) is 8.89. The average Bonchev–Trinajstić information content (AvgIpc) is 3.46. The van der Waals surface area contributed by atoms with E-state index >= 15 is 0 Å². The summed E-state index contributed by atoms with van der Waals surface area (Å²) in [5.41, 5.74) is 0. The molecule has 1 unspecified atom stereocenters. The first-order valence-electron chi connectivity index (χ1n) is 33.2. The molecule has 0 heterocycles. The molecule has 0 amide bonds. The molecule has 80 heavy (non-hydrogen) atoms. The molecule has 0 bridgehead atoms. The highest BCUT2D eigenvalue weighted by Gasteiger charge is 2.19. The standard InChI is InChI=1S/C74H122O6/c1-4-7-10-13-16-19-22-25-28-31-33-34-35-36-37-38-39-40-41-44-46-49-52-55-58-61-64-67-73(76)79-70-71(69-78-72(75)66-63-60-57-54-51-48-45-42-30-27-24-21-18-15-12-9-6-3)80-74(77)68-65-62-59-56-53-50-47-43-32-29-26-23-20-17-14-11-8-5-2/h7,10,16,18-19,21,25,27-30,32-34,36-37,39-40,44,46,52,55,71H,4-6,8-9,11-15,17,20,22-24,26,31,35,38,41-43,45,47-51,53-54,56-70H2,1-3H3/b10-7-,19-16-,21-18-,28-25-,30-27-,32-29-,34-33-,37-36-,40-39-,46-44-,55-52-. The van der Waals surface area contributed by atoms with Gasteiger partial charge in [0.15, 0.2) is 6.10 Å². The highest BCUT2D eigenvalue weighted by molar-refractivity contribution is 5.71. The van der Waals surface area contributed by atoms with Gasteiger partial charge in [-0.3, -0.25) is 14.4 Å². The summed E-state index contributed by atoms with van der Waals surface area (Å²) in [6.45, 7) is 6.47. The van der Waals surface area contributed by atoms with Gasteiger partial charge in [-0.05, 0) is 141 Å². The maximum atomic E-state index is 12.9. The number of rotatable bonds is 59. The molecule has 0 radical (unpaired) electrons. The van der Waals surface area contributed by atoms with E-state index in [2.05, 4.69) is 154 Å². The van der Waals surface area contributed by atoms with E-state index in [1.807, 2.05) is 0 Å². The minimum Gasteiger partial charge on any atom is -0.462 e. The van der Waals surface area contributed by atoms with Gasteiger partial charge in [0.05, 0.1) is 0 Å². The van der Waals surface area contributed by atoms with Crippen LogP contribution in [0.2, 0.25) is 0 Å². The summed E-state index contributed by atoms with van der Waals surface area (Å²) in [5, 5.41) is 0. The first kappa shape index (κ1) is 75.5. The Labute approximate surface area is 494 Å². The van der Waals surface area contributed by atoms with Gasteiger partial charge in [0.2, 0.25) is 0 Å². The largest absolute Gasteiger partial charge is 0.462 e. The molecule has 0 aliphatic carbocycles. The van der Waals surface area contributed by atoms with Crippen molar-refractivity contribution in [2.75, 3.05) is 13.2 Å². The second-order valence-electron chi connectivity index (χ2n) is 21.6. The van der Waals surface area contributed by atoms with Crippen molar-refractivity contribution in [2.24, 2.45) is 0 Å². The highest BCUT2D eigenvalue weighted by atomic mass is 16.6. The van der Waals surface area contributed by atoms with Crippen molar-refractivity contribution >= 4 is 17.9 Å². The lowest BCUT2D eigenvalue weighted by atomic mass is 10.1. The molecule has 0 saturated carbocycles. The van der Waals surface area contributed by atoms with E-state index in [4.69, 9.17) is 14.2 Å². The molecule has 0 saturated heterocycles. The van der Waals surface area contributed by atoms with E-state index < -0.39 is 6.10 Å². The quantitative estimate of drug-likeness (QED) is 0.0261. The van der Waals surface area contributed by atoms with Gasteiger partial charge in [-0.15, -0.1) is 0 Å². The summed E-state index contributed by atoms with van der Waals surface area (Å²) in [4.78, 5) is 38.4. The van der Waals surface area contributed by atoms with E-state index in [1.165, 1.54) is 135 Å². The molecule has 0 aromatic rings. The predicted molar refractivity (Wildman–Crippen MR) is 348 cm³/mol. The monoisotopic (exact) mass is 1110 g/mol. The van der Waals surface area contributed by atoms with Gasteiger partial charge in [0.1, 0.15) is 13.2 Å².